The van der Waals surface area contributed by atoms with Gasteiger partial charge < -0.3 is 14.6 Å². The molecule has 1 aromatic heterocycles. The number of nitrogens with zero attached hydrogens (tertiary/aromatic N) is 5. The number of phenolic OH excluding ortho intramolecular Hbond substituents is 1. The fourth-order valence-corrected chi connectivity index (χ4v) is 3.55. The smallest absolute Gasteiger partial charge is 0.227 e. The molecule has 0 radical (unpaired) electrons. The van der Waals surface area contributed by atoms with Crippen LogP contribution < -0.4 is 9.75 Å². The number of benzene rings is 2. The predicted octanol–water partition coefficient (Wildman–Crippen LogP) is 3.70. The second-order valence-electron chi connectivity index (χ2n) is 5.91. The molecule has 4 rings (SSSR count). The normalized spacial score (nSPS) is 16.4. The number of aromatic nitrogens is 3. The molecular weight excluding hydrogens is 437 g/mol. The number of thiocarbonyl (C=S) groups is 1. The molecule has 0 saturated heterocycles. The van der Waals surface area contributed by atoms with Crippen molar-refractivity contribution < 1.29 is 14.6 Å². The quantitative estimate of drug-likeness (QED) is 0.607. The second-order valence-corrected chi connectivity index (χ2v) is 7.12. The molecule has 8 nitrogen and oxygen atoms in total. The van der Waals surface area contributed by atoms with E-state index in [1.165, 1.54) is 25.8 Å². The summed E-state index contributed by atoms with van der Waals surface area (Å²) in [6.45, 7) is 0. The van der Waals surface area contributed by atoms with Gasteiger partial charge in [0, 0.05) is 10.6 Å². The van der Waals surface area contributed by atoms with Crippen molar-refractivity contribution in [1.29, 1.82) is 0 Å². The highest BCUT2D eigenvalue weighted by atomic mass is 35.5. The Hall–Kier alpha value is -2.88. The molecule has 148 valence electrons. The van der Waals surface area contributed by atoms with Crippen LogP contribution >= 0.6 is 35.4 Å². The van der Waals surface area contributed by atoms with Crippen molar-refractivity contribution in [3.63, 3.8) is 0 Å². The van der Waals surface area contributed by atoms with Crippen LogP contribution in [0, 0.1) is 0 Å². The number of methoxy groups -OCH3 is 1. The molecule has 29 heavy (non-hydrogen) atoms. The molecule has 1 N–H and O–H groups in total. The number of halogens is 2. The number of hydrogen-bond acceptors (Lipinski definition) is 6. The van der Waals surface area contributed by atoms with Crippen LogP contribution in [-0.2, 0) is 4.74 Å². The van der Waals surface area contributed by atoms with E-state index >= 15 is 0 Å². The standard InChI is InChI=1S/C18H13Cl2N5O3S/c1-27-15-6-10(2-5-14(15)26)17-25(24-8-21-22-9-24)18(29)23-16(28-17)12-4-3-11(19)7-13(12)20/h2-9,17,26H,1H3. The summed E-state index contributed by atoms with van der Waals surface area (Å²) in [6.07, 6.45) is 2.18. The lowest BCUT2D eigenvalue weighted by Gasteiger charge is -2.36. The Morgan fingerprint density at radius 2 is 1.90 bits per heavy atom. The maximum Gasteiger partial charge on any atom is 0.227 e. The maximum atomic E-state index is 9.94. The second kappa shape index (κ2) is 7.86. The van der Waals surface area contributed by atoms with E-state index in [1.54, 1.807) is 40.0 Å². The number of rotatable bonds is 4. The summed E-state index contributed by atoms with van der Waals surface area (Å²) in [5.74, 6) is 0.521. The first-order valence-corrected chi connectivity index (χ1v) is 9.40. The Bertz CT molecular complexity index is 1110. The van der Waals surface area contributed by atoms with Gasteiger partial charge in [0.25, 0.3) is 0 Å². The zero-order valence-electron chi connectivity index (χ0n) is 14.9. The molecule has 1 atom stereocenters. The van der Waals surface area contributed by atoms with Crippen LogP contribution in [0.25, 0.3) is 0 Å². The van der Waals surface area contributed by atoms with Crippen LogP contribution in [0.2, 0.25) is 10.0 Å². The Morgan fingerprint density at radius 1 is 1.14 bits per heavy atom. The van der Waals surface area contributed by atoms with Gasteiger partial charge in [-0.05, 0) is 48.6 Å². The molecule has 0 spiro atoms. The van der Waals surface area contributed by atoms with Gasteiger partial charge in [-0.3, -0.25) is 0 Å². The van der Waals surface area contributed by atoms with Crippen LogP contribution in [0.4, 0.5) is 0 Å². The van der Waals surface area contributed by atoms with E-state index in [2.05, 4.69) is 15.2 Å². The van der Waals surface area contributed by atoms with Gasteiger partial charge in [-0.2, -0.15) is 4.99 Å². The minimum Gasteiger partial charge on any atom is -0.504 e. The predicted molar refractivity (Wildman–Crippen MR) is 112 cm³/mol. The Labute approximate surface area is 180 Å². The van der Waals surface area contributed by atoms with Crippen LogP contribution in [0.3, 0.4) is 0 Å². The van der Waals surface area contributed by atoms with Crippen LogP contribution in [0.5, 0.6) is 11.5 Å². The Morgan fingerprint density at radius 3 is 2.59 bits per heavy atom. The zero-order valence-corrected chi connectivity index (χ0v) is 17.2. The van der Waals surface area contributed by atoms with E-state index in [9.17, 15) is 5.11 Å². The number of aliphatic imine (C=N–C) groups is 1. The Balaban J connectivity index is 1.82. The summed E-state index contributed by atoms with van der Waals surface area (Å²) in [4.78, 5) is 4.38. The molecular formula is C18H13Cl2N5O3S. The summed E-state index contributed by atoms with van der Waals surface area (Å²) in [5, 5.41) is 20.2. The van der Waals surface area contributed by atoms with Gasteiger partial charge in [-0.15, -0.1) is 10.2 Å². The molecule has 11 heteroatoms. The first-order valence-electron chi connectivity index (χ1n) is 8.23. The van der Waals surface area contributed by atoms with Crippen molar-refractivity contribution in [1.82, 2.24) is 14.9 Å². The highest BCUT2D eigenvalue weighted by Gasteiger charge is 2.34. The lowest BCUT2D eigenvalue weighted by atomic mass is 10.1. The zero-order chi connectivity index (χ0) is 20.5. The number of hydrogen-bond donors (Lipinski definition) is 1. The van der Waals surface area contributed by atoms with E-state index in [0.717, 1.165) is 0 Å². The van der Waals surface area contributed by atoms with Crippen molar-refractivity contribution in [3.05, 3.63) is 70.2 Å². The maximum absolute atomic E-state index is 9.94. The van der Waals surface area contributed by atoms with Crippen molar-refractivity contribution in [3.8, 4) is 11.5 Å². The third-order valence-corrected chi connectivity index (χ3v) is 4.97. The molecule has 1 unspecified atom stereocenters. The van der Waals surface area contributed by atoms with Gasteiger partial charge in [0.05, 0.1) is 17.7 Å². The van der Waals surface area contributed by atoms with Gasteiger partial charge in [0.2, 0.25) is 17.2 Å². The highest BCUT2D eigenvalue weighted by Crippen LogP contribution is 2.34. The number of ether oxygens (including phenoxy) is 2. The molecule has 2 aromatic carbocycles. The number of phenols is 1. The summed E-state index contributed by atoms with van der Waals surface area (Å²) < 4.78 is 12.9. The lowest BCUT2D eigenvalue weighted by Crippen LogP contribution is -2.46. The minimum absolute atomic E-state index is 0.000111. The molecule has 2 heterocycles. The first-order chi connectivity index (χ1) is 14.0. The largest absolute Gasteiger partial charge is 0.504 e. The fraction of sp³-hybridized carbons (Fsp3) is 0.111. The summed E-state index contributed by atoms with van der Waals surface area (Å²) in [5.41, 5.74) is 1.19. The first kappa shape index (κ1) is 19.4. The van der Waals surface area contributed by atoms with Crippen molar-refractivity contribution in [2.24, 2.45) is 4.99 Å². The topological polar surface area (TPSA) is 85.0 Å². The van der Waals surface area contributed by atoms with E-state index in [0.29, 0.717) is 21.2 Å². The monoisotopic (exact) mass is 449 g/mol. The molecule has 3 aromatic rings. The van der Waals surface area contributed by atoms with Crippen molar-refractivity contribution in [2.45, 2.75) is 6.23 Å². The molecule has 0 bridgehead atoms. The van der Waals surface area contributed by atoms with Gasteiger partial charge in [0.1, 0.15) is 12.7 Å². The molecule has 0 fully saturated rings. The van der Waals surface area contributed by atoms with Crippen LogP contribution in [0.1, 0.15) is 17.4 Å². The van der Waals surface area contributed by atoms with Crippen molar-refractivity contribution in [2.75, 3.05) is 12.1 Å². The van der Waals surface area contributed by atoms with E-state index in [4.69, 9.17) is 44.9 Å². The van der Waals surface area contributed by atoms with Gasteiger partial charge in [-0.1, -0.05) is 23.2 Å². The van der Waals surface area contributed by atoms with Crippen LogP contribution in [0.15, 0.2) is 54.0 Å². The SMILES string of the molecule is COc1cc(C2OC(c3ccc(Cl)cc3Cl)=NC(=S)N2n2cnnc2)ccc1O. The molecule has 0 saturated carbocycles. The van der Waals surface area contributed by atoms with E-state index < -0.39 is 6.23 Å². The molecule has 1 aliphatic heterocycles. The highest BCUT2D eigenvalue weighted by molar-refractivity contribution is 7.80. The third kappa shape index (κ3) is 3.71. The van der Waals surface area contributed by atoms with E-state index in [-0.39, 0.29) is 22.5 Å². The average Bonchev–Trinajstić information content (AvgIpc) is 3.22. The summed E-state index contributed by atoms with van der Waals surface area (Å²) in [7, 11) is 1.46. The van der Waals surface area contributed by atoms with Crippen LogP contribution in [-0.4, -0.2) is 38.1 Å². The average molecular weight is 450 g/mol. The molecule has 1 aliphatic rings. The molecule has 0 aliphatic carbocycles. The summed E-state index contributed by atoms with van der Waals surface area (Å²) >= 11 is 17.8. The Kier molecular flexibility index (Phi) is 5.27. The van der Waals surface area contributed by atoms with Crippen molar-refractivity contribution >= 4 is 46.4 Å². The number of aromatic hydroxyl groups is 1. The fourth-order valence-electron chi connectivity index (χ4n) is 2.79. The lowest BCUT2D eigenvalue weighted by molar-refractivity contribution is 0.171. The van der Waals surface area contributed by atoms with Gasteiger partial charge in [-0.25, -0.2) is 9.69 Å². The minimum atomic E-state index is -0.757. The van der Waals surface area contributed by atoms with Gasteiger partial charge in [0.15, 0.2) is 11.5 Å². The third-order valence-electron chi connectivity index (χ3n) is 4.14. The molecule has 0 amide bonds. The van der Waals surface area contributed by atoms with Gasteiger partial charge >= 0.3 is 0 Å². The summed E-state index contributed by atoms with van der Waals surface area (Å²) in [6, 6.07) is 9.82. The van der Waals surface area contributed by atoms with E-state index in [1.807, 2.05) is 0 Å².